The lowest BCUT2D eigenvalue weighted by molar-refractivity contribution is 0.152. The monoisotopic (exact) mass is 469 g/mol. The van der Waals surface area contributed by atoms with E-state index in [9.17, 15) is 9.90 Å². The zero-order valence-corrected chi connectivity index (χ0v) is 19.4. The molecule has 2 aromatic carbocycles. The predicted molar refractivity (Wildman–Crippen MR) is 123 cm³/mol. The number of nitrogens with zero attached hydrogens (tertiary/aromatic N) is 1. The molecule has 0 saturated carbocycles. The molecule has 6 nitrogen and oxygen atoms in total. The van der Waals surface area contributed by atoms with Crippen LogP contribution in [0.4, 0.5) is 4.79 Å². The van der Waals surface area contributed by atoms with Crippen LogP contribution in [-0.4, -0.2) is 42.4 Å². The van der Waals surface area contributed by atoms with E-state index in [-0.39, 0.29) is 21.9 Å². The molecule has 0 aliphatic heterocycles. The van der Waals surface area contributed by atoms with Crippen LogP contribution >= 0.6 is 23.2 Å². The second-order valence-electron chi connectivity index (χ2n) is 6.97. The maximum atomic E-state index is 12.2. The van der Waals surface area contributed by atoms with Gasteiger partial charge in [-0.05, 0) is 49.9 Å². The molecule has 2 rings (SSSR count). The van der Waals surface area contributed by atoms with Crippen molar-refractivity contribution < 1.29 is 24.1 Å². The Kier molecular flexibility index (Phi) is 10.6. The minimum absolute atomic E-state index is 0.00391. The normalized spacial score (nSPS) is 10.6. The van der Waals surface area contributed by atoms with Crippen LogP contribution in [0.3, 0.4) is 0 Å². The predicted octanol–water partition coefficient (Wildman–Crippen LogP) is 6.56. The summed E-state index contributed by atoms with van der Waals surface area (Å²) in [7, 11) is 0. The van der Waals surface area contributed by atoms with Gasteiger partial charge in [0.15, 0.2) is 5.75 Å². The second-order valence-corrected chi connectivity index (χ2v) is 7.78. The third-order valence-electron chi connectivity index (χ3n) is 4.31. The van der Waals surface area contributed by atoms with E-state index in [2.05, 4.69) is 0 Å². The highest BCUT2D eigenvalue weighted by molar-refractivity contribution is 6.37. The number of carbonyl (C=O) groups excluding carboxylic acids is 1. The smallest absolute Gasteiger partial charge is 0.415 e. The van der Waals surface area contributed by atoms with Gasteiger partial charge in [0.1, 0.15) is 17.2 Å². The van der Waals surface area contributed by atoms with Crippen LogP contribution in [-0.2, 0) is 0 Å². The van der Waals surface area contributed by atoms with Gasteiger partial charge in [0, 0.05) is 25.2 Å². The van der Waals surface area contributed by atoms with Crippen molar-refractivity contribution in [2.45, 2.75) is 39.5 Å². The molecule has 0 heterocycles. The first-order valence-electron chi connectivity index (χ1n) is 10.4. The highest BCUT2D eigenvalue weighted by atomic mass is 35.5. The number of hydrogen-bond donors (Lipinski definition) is 1. The van der Waals surface area contributed by atoms with Gasteiger partial charge in [0.05, 0.1) is 23.3 Å². The molecule has 0 aromatic heterocycles. The summed E-state index contributed by atoms with van der Waals surface area (Å²) in [6.07, 6.45) is 2.97. The van der Waals surface area contributed by atoms with Gasteiger partial charge in [-0.15, -0.1) is 0 Å². The topological polar surface area (TPSA) is 68.2 Å². The molecular weight excluding hydrogens is 441 g/mol. The third-order valence-corrected chi connectivity index (χ3v) is 4.87. The molecule has 0 saturated heterocycles. The average Bonchev–Trinajstić information content (AvgIpc) is 2.73. The minimum Gasteiger partial charge on any atom is -0.508 e. The molecule has 8 heteroatoms. The molecule has 0 aliphatic carbocycles. The van der Waals surface area contributed by atoms with Crippen LogP contribution in [0.5, 0.6) is 23.0 Å². The molecule has 1 amide bonds. The van der Waals surface area contributed by atoms with Crippen molar-refractivity contribution in [2.75, 3.05) is 26.3 Å². The van der Waals surface area contributed by atoms with Crippen LogP contribution < -0.4 is 14.2 Å². The Morgan fingerprint density at radius 3 is 1.97 bits per heavy atom. The van der Waals surface area contributed by atoms with Crippen LogP contribution in [0.2, 0.25) is 10.0 Å². The maximum Gasteiger partial charge on any atom is 0.415 e. The molecule has 2 aromatic rings. The molecule has 0 atom stereocenters. The molecule has 0 bridgehead atoms. The maximum absolute atomic E-state index is 12.2. The van der Waals surface area contributed by atoms with E-state index < -0.39 is 0 Å². The number of rotatable bonds is 12. The number of hydrogen-bond acceptors (Lipinski definition) is 5. The Balaban J connectivity index is 1.70. The Hall–Kier alpha value is -2.31. The van der Waals surface area contributed by atoms with Gasteiger partial charge in [0.25, 0.3) is 0 Å². The quantitative estimate of drug-likeness (QED) is 0.356. The number of phenolic OH excluding ortho intramolecular Hbond substituents is 1. The fourth-order valence-corrected chi connectivity index (χ4v) is 3.44. The molecule has 31 heavy (non-hydrogen) atoms. The average molecular weight is 470 g/mol. The summed E-state index contributed by atoms with van der Waals surface area (Å²) in [6, 6.07) is 9.77. The highest BCUT2D eigenvalue weighted by Gasteiger charge is 2.14. The summed E-state index contributed by atoms with van der Waals surface area (Å²) in [5, 5.41) is 9.97. The summed E-state index contributed by atoms with van der Waals surface area (Å²) >= 11 is 12.0. The number of ether oxygens (including phenoxy) is 3. The van der Waals surface area contributed by atoms with Crippen LogP contribution in [0.15, 0.2) is 36.4 Å². The fourth-order valence-electron chi connectivity index (χ4n) is 2.86. The molecule has 1 N–H and O–H groups in total. The summed E-state index contributed by atoms with van der Waals surface area (Å²) < 4.78 is 16.8. The molecule has 170 valence electrons. The minimum atomic E-state index is -0.328. The molecular formula is C23H29Cl2NO5. The van der Waals surface area contributed by atoms with Gasteiger partial charge in [-0.2, -0.15) is 0 Å². The Labute approximate surface area is 193 Å². The number of benzene rings is 2. The molecule has 0 aliphatic rings. The zero-order chi connectivity index (χ0) is 22.6. The third kappa shape index (κ3) is 8.38. The summed E-state index contributed by atoms with van der Waals surface area (Å²) in [5.41, 5.74) is 0. The van der Waals surface area contributed by atoms with Crippen molar-refractivity contribution >= 4 is 29.3 Å². The molecule has 0 fully saturated rings. The summed E-state index contributed by atoms with van der Waals surface area (Å²) in [6.45, 7) is 6.37. The SMILES string of the molecule is CCCN(CCC)C(=O)Oc1ccc(OCCCCOc2c(Cl)cc(O)cc2Cl)cc1. The van der Waals surface area contributed by atoms with Gasteiger partial charge in [-0.1, -0.05) is 37.0 Å². The Morgan fingerprint density at radius 2 is 1.42 bits per heavy atom. The van der Waals surface area contributed by atoms with Gasteiger partial charge >= 0.3 is 6.09 Å². The van der Waals surface area contributed by atoms with E-state index in [0.717, 1.165) is 25.7 Å². The first-order chi connectivity index (χ1) is 14.9. The number of aromatic hydroxyl groups is 1. The van der Waals surface area contributed by atoms with Crippen molar-refractivity contribution in [2.24, 2.45) is 0 Å². The van der Waals surface area contributed by atoms with Crippen molar-refractivity contribution in [3.05, 3.63) is 46.4 Å². The second kappa shape index (κ2) is 13.2. The lowest BCUT2D eigenvalue weighted by atomic mass is 10.3. The van der Waals surface area contributed by atoms with Gasteiger partial charge in [-0.3, -0.25) is 0 Å². The highest BCUT2D eigenvalue weighted by Crippen LogP contribution is 2.36. The first kappa shape index (κ1) is 25.0. The summed E-state index contributed by atoms with van der Waals surface area (Å²) in [5.74, 6) is 1.55. The van der Waals surface area contributed by atoms with Crippen LogP contribution in [0.25, 0.3) is 0 Å². The Morgan fingerprint density at radius 1 is 0.903 bits per heavy atom. The van der Waals surface area contributed by atoms with E-state index in [1.165, 1.54) is 12.1 Å². The Bertz CT molecular complexity index is 800. The lowest BCUT2D eigenvalue weighted by Crippen LogP contribution is -2.34. The van der Waals surface area contributed by atoms with Crippen molar-refractivity contribution in [3.63, 3.8) is 0 Å². The van der Waals surface area contributed by atoms with E-state index in [4.69, 9.17) is 37.4 Å². The van der Waals surface area contributed by atoms with E-state index in [1.807, 2.05) is 13.8 Å². The number of amides is 1. The zero-order valence-electron chi connectivity index (χ0n) is 17.9. The molecule has 0 unspecified atom stereocenters. The lowest BCUT2D eigenvalue weighted by Gasteiger charge is -2.20. The molecule has 0 radical (unpaired) electrons. The van der Waals surface area contributed by atoms with Crippen LogP contribution in [0, 0.1) is 0 Å². The van der Waals surface area contributed by atoms with Crippen LogP contribution in [0.1, 0.15) is 39.5 Å². The standard InChI is InChI=1S/C23H29Cl2NO5/c1-3-11-26(12-4-2)23(28)31-19-9-7-18(8-10-19)29-13-5-6-14-30-22-20(24)15-17(27)16-21(22)25/h7-10,15-16,27H,3-6,11-14H2,1-2H3. The van der Waals surface area contributed by atoms with Gasteiger partial charge < -0.3 is 24.2 Å². The number of carbonyl (C=O) groups is 1. The summed E-state index contributed by atoms with van der Waals surface area (Å²) in [4.78, 5) is 14.0. The largest absolute Gasteiger partial charge is 0.508 e. The van der Waals surface area contributed by atoms with Crippen molar-refractivity contribution in [1.29, 1.82) is 0 Å². The van der Waals surface area contributed by atoms with E-state index >= 15 is 0 Å². The molecule has 0 spiro atoms. The van der Waals surface area contributed by atoms with Gasteiger partial charge in [0.2, 0.25) is 0 Å². The van der Waals surface area contributed by atoms with E-state index in [0.29, 0.717) is 43.6 Å². The fraction of sp³-hybridized carbons (Fsp3) is 0.435. The number of phenols is 1. The van der Waals surface area contributed by atoms with Crippen molar-refractivity contribution in [3.8, 4) is 23.0 Å². The van der Waals surface area contributed by atoms with Crippen molar-refractivity contribution in [1.82, 2.24) is 4.90 Å². The first-order valence-corrected chi connectivity index (χ1v) is 11.2. The number of halogens is 2. The number of unbranched alkanes of at least 4 members (excludes halogenated alkanes) is 1. The van der Waals surface area contributed by atoms with Gasteiger partial charge in [-0.25, -0.2) is 4.79 Å². The van der Waals surface area contributed by atoms with E-state index in [1.54, 1.807) is 29.2 Å².